The smallest absolute Gasteiger partial charge is 0.270 e. The van der Waals surface area contributed by atoms with Crippen molar-refractivity contribution in [1.82, 2.24) is 19.5 Å². The van der Waals surface area contributed by atoms with Gasteiger partial charge < -0.3 is 10.2 Å². The summed E-state index contributed by atoms with van der Waals surface area (Å²) >= 11 is 0. The molecule has 7 heteroatoms. The predicted molar refractivity (Wildman–Crippen MR) is 81.2 cm³/mol. The average Bonchev–Trinajstić information content (AvgIpc) is 3.21. The summed E-state index contributed by atoms with van der Waals surface area (Å²) in [6.07, 6.45) is 3.59. The number of rotatable bonds is 3. The van der Waals surface area contributed by atoms with Gasteiger partial charge in [0.25, 0.3) is 5.56 Å². The van der Waals surface area contributed by atoms with Crippen LogP contribution in [0.3, 0.4) is 0 Å². The number of aryl methyl sites for hydroxylation is 1. The maximum absolute atomic E-state index is 12.1. The molecule has 112 valence electrons. The van der Waals surface area contributed by atoms with Crippen LogP contribution < -0.4 is 11.3 Å². The highest BCUT2D eigenvalue weighted by molar-refractivity contribution is 5.86. The fraction of sp³-hybridized carbons (Fsp3) is 0.333. The molecule has 3 aromatic heterocycles. The largest absolute Gasteiger partial charge is 0.460 e. The lowest BCUT2D eigenvalue weighted by Crippen LogP contribution is -2.23. The molecule has 1 fully saturated rings. The molecule has 0 aromatic carbocycles. The molecule has 3 aromatic rings. The van der Waals surface area contributed by atoms with Gasteiger partial charge in [-0.3, -0.25) is 9.36 Å². The summed E-state index contributed by atoms with van der Waals surface area (Å²) in [5.41, 5.74) is 7.17. The number of hydrogen-bond acceptors (Lipinski definition) is 6. The lowest BCUT2D eigenvalue weighted by Gasteiger charge is -2.10. The molecule has 0 unspecified atom stereocenters. The molecular weight excluding hydrogens is 282 g/mol. The van der Waals surface area contributed by atoms with Crippen molar-refractivity contribution in [2.24, 2.45) is 5.92 Å². The SMILES string of the molecule is Cc1ccc(-c2nc(N)nc3c2ncc(=O)n3CC2CC2)o1. The zero-order valence-electron chi connectivity index (χ0n) is 12.1. The highest BCUT2D eigenvalue weighted by Gasteiger charge is 2.24. The first-order valence-corrected chi connectivity index (χ1v) is 7.21. The lowest BCUT2D eigenvalue weighted by atomic mass is 10.2. The number of nitrogens with zero attached hydrogens (tertiary/aromatic N) is 4. The Kier molecular flexibility index (Phi) is 2.75. The third-order valence-corrected chi connectivity index (χ3v) is 3.82. The van der Waals surface area contributed by atoms with Crippen molar-refractivity contribution in [2.75, 3.05) is 5.73 Å². The summed E-state index contributed by atoms with van der Waals surface area (Å²) in [6.45, 7) is 2.50. The molecule has 1 saturated carbocycles. The number of hydrogen-bond donors (Lipinski definition) is 1. The normalized spacial score (nSPS) is 14.6. The minimum Gasteiger partial charge on any atom is -0.460 e. The van der Waals surface area contributed by atoms with Gasteiger partial charge in [0.1, 0.15) is 17.0 Å². The second kappa shape index (κ2) is 4.66. The van der Waals surface area contributed by atoms with Gasteiger partial charge in [0.15, 0.2) is 11.4 Å². The van der Waals surface area contributed by atoms with E-state index in [1.165, 1.54) is 6.20 Å². The molecule has 1 aliphatic rings. The molecule has 0 spiro atoms. The molecule has 0 saturated heterocycles. The first kappa shape index (κ1) is 13.0. The first-order chi connectivity index (χ1) is 10.6. The van der Waals surface area contributed by atoms with Crippen molar-refractivity contribution in [3.05, 3.63) is 34.4 Å². The maximum atomic E-state index is 12.1. The molecule has 7 nitrogen and oxygen atoms in total. The Morgan fingerprint density at radius 2 is 2.18 bits per heavy atom. The van der Waals surface area contributed by atoms with Gasteiger partial charge in [-0.1, -0.05) is 0 Å². The molecular formula is C15H15N5O2. The number of aromatic nitrogens is 4. The summed E-state index contributed by atoms with van der Waals surface area (Å²) in [6, 6.07) is 3.66. The summed E-state index contributed by atoms with van der Waals surface area (Å²) < 4.78 is 7.26. The van der Waals surface area contributed by atoms with E-state index in [0.717, 1.165) is 18.6 Å². The van der Waals surface area contributed by atoms with Crippen molar-refractivity contribution in [3.8, 4) is 11.5 Å². The molecule has 0 bridgehead atoms. The zero-order valence-corrected chi connectivity index (χ0v) is 12.1. The van der Waals surface area contributed by atoms with Crippen LogP contribution in [0.1, 0.15) is 18.6 Å². The Morgan fingerprint density at radius 3 is 2.86 bits per heavy atom. The molecule has 1 aliphatic carbocycles. The van der Waals surface area contributed by atoms with Gasteiger partial charge in [-0.2, -0.15) is 4.98 Å². The zero-order chi connectivity index (χ0) is 15.3. The average molecular weight is 297 g/mol. The van der Waals surface area contributed by atoms with Crippen LogP contribution in [-0.4, -0.2) is 19.5 Å². The summed E-state index contributed by atoms with van der Waals surface area (Å²) in [5.74, 6) is 1.98. The van der Waals surface area contributed by atoms with Gasteiger partial charge in [-0.25, -0.2) is 9.97 Å². The van der Waals surface area contributed by atoms with Crippen LogP contribution in [-0.2, 0) is 6.54 Å². The van der Waals surface area contributed by atoms with E-state index in [1.54, 1.807) is 4.57 Å². The lowest BCUT2D eigenvalue weighted by molar-refractivity contribution is 0.546. The van der Waals surface area contributed by atoms with Crippen molar-refractivity contribution >= 4 is 17.1 Å². The van der Waals surface area contributed by atoms with Gasteiger partial charge in [-0.05, 0) is 37.8 Å². The van der Waals surface area contributed by atoms with E-state index in [-0.39, 0.29) is 11.5 Å². The minimum atomic E-state index is -0.168. The molecule has 0 radical (unpaired) electrons. The fourth-order valence-corrected chi connectivity index (χ4v) is 2.53. The Hall–Kier alpha value is -2.70. The third-order valence-electron chi connectivity index (χ3n) is 3.82. The molecule has 0 atom stereocenters. The van der Waals surface area contributed by atoms with Crippen LogP contribution in [0.25, 0.3) is 22.6 Å². The third kappa shape index (κ3) is 2.14. The second-order valence-electron chi connectivity index (χ2n) is 5.66. The van der Waals surface area contributed by atoms with Crippen molar-refractivity contribution in [1.29, 1.82) is 0 Å². The summed E-state index contributed by atoms with van der Waals surface area (Å²) in [7, 11) is 0. The Balaban J connectivity index is 2.00. The molecule has 0 aliphatic heterocycles. The van der Waals surface area contributed by atoms with Crippen LogP contribution in [0, 0.1) is 12.8 Å². The molecule has 4 rings (SSSR count). The summed E-state index contributed by atoms with van der Waals surface area (Å²) in [4.78, 5) is 24.8. The van der Waals surface area contributed by atoms with Gasteiger partial charge >= 0.3 is 0 Å². The fourth-order valence-electron chi connectivity index (χ4n) is 2.53. The Morgan fingerprint density at radius 1 is 1.36 bits per heavy atom. The number of fused-ring (bicyclic) bond motifs is 1. The van der Waals surface area contributed by atoms with Crippen LogP contribution >= 0.6 is 0 Å². The predicted octanol–water partition coefficient (Wildman–Crippen LogP) is 1.75. The quantitative estimate of drug-likeness (QED) is 0.790. The van der Waals surface area contributed by atoms with E-state index in [0.29, 0.717) is 35.1 Å². The summed E-state index contributed by atoms with van der Waals surface area (Å²) in [5, 5.41) is 0. The van der Waals surface area contributed by atoms with E-state index in [9.17, 15) is 4.79 Å². The van der Waals surface area contributed by atoms with Crippen LogP contribution in [0.5, 0.6) is 0 Å². The number of nitrogens with two attached hydrogens (primary N) is 1. The van der Waals surface area contributed by atoms with E-state index in [1.807, 2.05) is 19.1 Å². The minimum absolute atomic E-state index is 0.105. The molecule has 22 heavy (non-hydrogen) atoms. The Bertz CT molecular complexity index is 923. The van der Waals surface area contributed by atoms with Crippen LogP contribution in [0.4, 0.5) is 5.95 Å². The second-order valence-corrected chi connectivity index (χ2v) is 5.66. The van der Waals surface area contributed by atoms with E-state index in [4.69, 9.17) is 10.2 Å². The maximum Gasteiger partial charge on any atom is 0.270 e. The number of nitrogen functional groups attached to an aromatic ring is 1. The van der Waals surface area contributed by atoms with E-state index < -0.39 is 0 Å². The van der Waals surface area contributed by atoms with Gasteiger partial charge in [0.2, 0.25) is 5.95 Å². The number of furan rings is 1. The van der Waals surface area contributed by atoms with Crippen molar-refractivity contribution in [3.63, 3.8) is 0 Å². The van der Waals surface area contributed by atoms with Gasteiger partial charge in [0, 0.05) is 6.54 Å². The Labute approximate surface area is 125 Å². The molecule has 0 amide bonds. The van der Waals surface area contributed by atoms with Crippen molar-refractivity contribution < 1.29 is 4.42 Å². The topological polar surface area (TPSA) is 99.8 Å². The van der Waals surface area contributed by atoms with Gasteiger partial charge in [0.05, 0.1) is 6.20 Å². The molecule has 2 N–H and O–H groups in total. The number of anilines is 1. The standard InChI is InChI=1S/C15H15N5O2/c1-8-2-5-10(22-8)12-13-14(19-15(16)18-12)20(7-9-3-4-9)11(21)6-17-13/h2,5-6,9H,3-4,7H2,1H3,(H2,16,18,19). The van der Waals surface area contributed by atoms with E-state index in [2.05, 4.69) is 15.0 Å². The highest BCUT2D eigenvalue weighted by atomic mass is 16.3. The van der Waals surface area contributed by atoms with Crippen LogP contribution in [0.2, 0.25) is 0 Å². The monoisotopic (exact) mass is 297 g/mol. The first-order valence-electron chi connectivity index (χ1n) is 7.21. The van der Waals surface area contributed by atoms with E-state index >= 15 is 0 Å². The van der Waals surface area contributed by atoms with Gasteiger partial charge in [-0.15, -0.1) is 0 Å². The molecule has 3 heterocycles. The van der Waals surface area contributed by atoms with Crippen molar-refractivity contribution in [2.45, 2.75) is 26.3 Å². The highest BCUT2D eigenvalue weighted by Crippen LogP contribution is 2.32. The van der Waals surface area contributed by atoms with Crippen LogP contribution in [0.15, 0.2) is 27.5 Å².